The van der Waals surface area contributed by atoms with Gasteiger partial charge in [0.2, 0.25) is 10.0 Å². The Balaban J connectivity index is 2.24. The molecule has 2 N–H and O–H groups in total. The Labute approximate surface area is 180 Å². The van der Waals surface area contributed by atoms with Gasteiger partial charge in [0.05, 0.1) is 33.4 Å². The van der Waals surface area contributed by atoms with Gasteiger partial charge in [0.25, 0.3) is 12.4 Å². The van der Waals surface area contributed by atoms with Crippen molar-refractivity contribution in [3.8, 4) is 28.6 Å². The molecule has 0 aliphatic heterocycles. The molecule has 3 rings (SSSR count). The third kappa shape index (κ3) is 4.19. The number of benzene rings is 2. The SMILES string of the molecule is COc1c(Cl)cc(-c2c(Cl)c(OC=O)nn2-c2ccc(S(N)(=O)=O)cc2)cc1Cl. The summed E-state index contributed by atoms with van der Waals surface area (Å²) in [6.07, 6.45) is 0. The molecular weight excluding hydrogens is 465 g/mol. The normalized spacial score (nSPS) is 11.3. The van der Waals surface area contributed by atoms with Crippen LogP contribution in [0.5, 0.6) is 11.6 Å². The van der Waals surface area contributed by atoms with Gasteiger partial charge in [-0.2, -0.15) is 0 Å². The lowest BCUT2D eigenvalue weighted by Gasteiger charge is -2.11. The molecule has 0 aliphatic carbocycles. The number of nitrogens with zero attached hydrogens (tertiary/aromatic N) is 2. The minimum atomic E-state index is -3.87. The highest BCUT2D eigenvalue weighted by atomic mass is 35.5. The number of hydrogen-bond donors (Lipinski definition) is 1. The highest BCUT2D eigenvalue weighted by molar-refractivity contribution is 7.89. The molecule has 0 atom stereocenters. The van der Waals surface area contributed by atoms with Gasteiger partial charge >= 0.3 is 0 Å². The van der Waals surface area contributed by atoms with Gasteiger partial charge in [-0.1, -0.05) is 34.8 Å². The number of methoxy groups -OCH3 is 1. The number of halogens is 3. The van der Waals surface area contributed by atoms with Crippen LogP contribution in [0.2, 0.25) is 15.1 Å². The molecule has 0 spiro atoms. The summed E-state index contributed by atoms with van der Waals surface area (Å²) in [6.45, 7) is 0.181. The molecule has 0 aliphatic rings. The third-order valence-corrected chi connectivity index (χ3v) is 5.68. The lowest BCUT2D eigenvalue weighted by molar-refractivity contribution is -0.120. The molecule has 2 aromatic carbocycles. The Morgan fingerprint density at radius 3 is 2.17 bits per heavy atom. The number of carbonyl (C=O) groups is 1. The van der Waals surface area contributed by atoms with E-state index < -0.39 is 10.0 Å². The van der Waals surface area contributed by atoms with E-state index in [0.29, 0.717) is 16.9 Å². The first-order valence-electron chi connectivity index (χ1n) is 7.72. The fourth-order valence-electron chi connectivity index (χ4n) is 2.60. The molecule has 0 saturated heterocycles. The second-order valence-electron chi connectivity index (χ2n) is 5.61. The maximum atomic E-state index is 11.5. The minimum Gasteiger partial charge on any atom is -0.494 e. The number of hydrogen-bond acceptors (Lipinski definition) is 6. The van der Waals surface area contributed by atoms with Gasteiger partial charge in [0, 0.05) is 5.56 Å². The lowest BCUT2D eigenvalue weighted by Crippen LogP contribution is -2.12. The van der Waals surface area contributed by atoms with Crippen LogP contribution in [0.3, 0.4) is 0 Å². The second kappa shape index (κ2) is 8.21. The van der Waals surface area contributed by atoms with Gasteiger partial charge in [-0.25, -0.2) is 18.2 Å². The van der Waals surface area contributed by atoms with E-state index in [2.05, 4.69) is 5.10 Å². The molecular formula is C17H12Cl3N3O5S. The van der Waals surface area contributed by atoms with Crippen molar-refractivity contribution >= 4 is 51.3 Å². The molecule has 1 heterocycles. The molecule has 3 aromatic rings. The molecule has 0 unspecified atom stereocenters. The molecule has 152 valence electrons. The number of nitrogens with two attached hydrogens (primary N) is 1. The van der Waals surface area contributed by atoms with Gasteiger partial charge in [-0.3, -0.25) is 4.79 Å². The largest absolute Gasteiger partial charge is 0.494 e. The van der Waals surface area contributed by atoms with Crippen molar-refractivity contribution in [2.24, 2.45) is 5.14 Å². The Bertz CT molecular complexity index is 1170. The topological polar surface area (TPSA) is 114 Å². The minimum absolute atomic E-state index is 0.0184. The van der Waals surface area contributed by atoms with E-state index in [4.69, 9.17) is 49.4 Å². The van der Waals surface area contributed by atoms with Crippen molar-refractivity contribution in [1.82, 2.24) is 9.78 Å². The summed E-state index contributed by atoms with van der Waals surface area (Å²) in [6, 6.07) is 8.63. The van der Waals surface area contributed by atoms with Crippen molar-refractivity contribution in [2.45, 2.75) is 4.90 Å². The fourth-order valence-corrected chi connectivity index (χ4v) is 4.03. The number of ether oxygens (including phenoxy) is 2. The zero-order chi connectivity index (χ0) is 21.3. The van der Waals surface area contributed by atoms with Crippen LogP contribution in [0.15, 0.2) is 41.3 Å². The van der Waals surface area contributed by atoms with Crippen molar-refractivity contribution < 1.29 is 22.7 Å². The van der Waals surface area contributed by atoms with Crippen LogP contribution >= 0.6 is 34.8 Å². The van der Waals surface area contributed by atoms with Crippen molar-refractivity contribution in [1.29, 1.82) is 0 Å². The molecule has 8 nitrogen and oxygen atoms in total. The maximum Gasteiger partial charge on any atom is 0.299 e. The molecule has 0 radical (unpaired) electrons. The first-order valence-corrected chi connectivity index (χ1v) is 10.4. The van der Waals surface area contributed by atoms with Gasteiger partial charge < -0.3 is 9.47 Å². The van der Waals surface area contributed by atoms with Gasteiger partial charge in [0.15, 0.2) is 5.75 Å². The predicted molar refractivity (Wildman–Crippen MR) is 109 cm³/mol. The average Bonchev–Trinajstić information content (AvgIpc) is 2.97. The van der Waals surface area contributed by atoms with Crippen LogP contribution in [-0.4, -0.2) is 31.8 Å². The zero-order valence-corrected chi connectivity index (χ0v) is 17.7. The summed E-state index contributed by atoms with van der Waals surface area (Å²) in [5.41, 5.74) is 1.17. The summed E-state index contributed by atoms with van der Waals surface area (Å²) in [7, 11) is -2.45. The number of aromatic nitrogens is 2. The van der Waals surface area contributed by atoms with Crippen LogP contribution in [0, 0.1) is 0 Å². The Morgan fingerprint density at radius 1 is 1.10 bits per heavy atom. The quantitative estimate of drug-likeness (QED) is 0.543. The Hall–Kier alpha value is -2.30. The van der Waals surface area contributed by atoms with Crippen molar-refractivity contribution in [2.75, 3.05) is 7.11 Å². The monoisotopic (exact) mass is 475 g/mol. The highest BCUT2D eigenvalue weighted by Crippen LogP contribution is 2.42. The van der Waals surface area contributed by atoms with E-state index in [0.717, 1.165) is 0 Å². The van der Waals surface area contributed by atoms with Crippen molar-refractivity contribution in [3.63, 3.8) is 0 Å². The van der Waals surface area contributed by atoms with Crippen LogP contribution in [0.4, 0.5) is 0 Å². The van der Waals surface area contributed by atoms with Crippen LogP contribution < -0.4 is 14.6 Å². The number of sulfonamides is 1. The zero-order valence-electron chi connectivity index (χ0n) is 14.6. The molecule has 0 bridgehead atoms. The van der Waals surface area contributed by atoms with Gasteiger partial charge in [-0.05, 0) is 36.4 Å². The highest BCUT2D eigenvalue weighted by Gasteiger charge is 2.23. The van der Waals surface area contributed by atoms with E-state index in [1.54, 1.807) is 12.1 Å². The summed E-state index contributed by atoms with van der Waals surface area (Å²) < 4.78 is 34.3. The summed E-state index contributed by atoms with van der Waals surface area (Å²) in [5.74, 6) is 0.122. The van der Waals surface area contributed by atoms with E-state index in [9.17, 15) is 13.2 Å². The Morgan fingerprint density at radius 2 is 1.69 bits per heavy atom. The maximum absolute atomic E-state index is 11.5. The first-order chi connectivity index (χ1) is 13.7. The van der Waals surface area contributed by atoms with Gasteiger partial charge in [-0.15, -0.1) is 5.10 Å². The number of rotatable bonds is 6. The molecule has 12 heteroatoms. The molecule has 0 amide bonds. The standard InChI is InChI=1S/C17H12Cl3N3O5S/c1-27-16-12(18)6-9(7-13(16)19)15-14(20)17(28-8-24)22-23(15)10-2-4-11(5-3-10)29(21,25)26/h2-8H,1H3,(H2,21,25,26). The average molecular weight is 477 g/mol. The van der Waals surface area contributed by atoms with Crippen molar-refractivity contribution in [3.05, 3.63) is 51.5 Å². The predicted octanol–water partition coefficient (Wildman–Crippen LogP) is 3.69. The van der Waals surface area contributed by atoms with Crippen LogP contribution in [0.25, 0.3) is 16.9 Å². The van der Waals surface area contributed by atoms with E-state index in [1.807, 2.05) is 0 Å². The molecule has 29 heavy (non-hydrogen) atoms. The van der Waals surface area contributed by atoms with E-state index in [-0.39, 0.29) is 38.1 Å². The van der Waals surface area contributed by atoms with E-state index in [1.165, 1.54) is 36.1 Å². The first kappa shape index (κ1) is 21.4. The smallest absolute Gasteiger partial charge is 0.299 e. The Kier molecular flexibility index (Phi) is 6.06. The summed E-state index contributed by atoms with van der Waals surface area (Å²) in [4.78, 5) is 10.7. The second-order valence-corrected chi connectivity index (χ2v) is 8.36. The van der Waals surface area contributed by atoms with Crippen LogP contribution in [0.1, 0.15) is 0 Å². The molecule has 0 fully saturated rings. The fraction of sp³-hybridized carbons (Fsp3) is 0.0588. The van der Waals surface area contributed by atoms with E-state index >= 15 is 0 Å². The number of carbonyl (C=O) groups excluding carboxylic acids is 1. The molecule has 0 saturated carbocycles. The summed E-state index contributed by atoms with van der Waals surface area (Å²) >= 11 is 18.8. The van der Waals surface area contributed by atoms with Crippen LogP contribution in [-0.2, 0) is 14.8 Å². The molecule has 1 aromatic heterocycles. The number of primary sulfonamides is 1. The summed E-state index contributed by atoms with van der Waals surface area (Å²) in [5, 5.41) is 9.76. The van der Waals surface area contributed by atoms with Gasteiger partial charge in [0.1, 0.15) is 5.02 Å². The lowest BCUT2D eigenvalue weighted by atomic mass is 10.1. The third-order valence-electron chi connectivity index (χ3n) is 3.84.